The fraction of sp³-hybridized carbons (Fsp3) is 1.00. The number of hydrogen-bond donors (Lipinski definition) is 1. The van der Waals surface area contributed by atoms with E-state index in [4.69, 9.17) is 0 Å². The third-order valence-corrected chi connectivity index (χ3v) is 13.0. The van der Waals surface area contributed by atoms with E-state index in [0.29, 0.717) is 12.1 Å². The fourth-order valence-electron chi connectivity index (χ4n) is 5.02. The molecule has 1 rings (SSSR count). The molecule has 0 amide bonds. The highest BCUT2D eigenvalue weighted by Crippen LogP contribution is 2.79. The summed E-state index contributed by atoms with van der Waals surface area (Å²) in [6.07, 6.45) is 3.91. The normalized spacial score (nSPS) is 25.8. The summed E-state index contributed by atoms with van der Waals surface area (Å²) in [6.45, 7) is 11.8. The van der Waals surface area contributed by atoms with Crippen LogP contribution in [0, 0.1) is 0 Å². The van der Waals surface area contributed by atoms with Crippen LogP contribution in [-0.4, -0.2) is 89.0 Å². The van der Waals surface area contributed by atoms with Gasteiger partial charge in [-0.3, -0.25) is 0 Å². The zero-order valence-corrected chi connectivity index (χ0v) is 18.3. The Morgan fingerprint density at radius 2 is 0.913 bits per heavy atom. The van der Waals surface area contributed by atoms with Crippen molar-refractivity contribution in [1.29, 1.82) is 0 Å². The predicted molar refractivity (Wildman–Crippen MR) is 108 cm³/mol. The predicted octanol–water partition coefficient (Wildman–Crippen LogP) is 2.92. The Labute approximate surface area is 146 Å². The lowest BCUT2D eigenvalue weighted by molar-refractivity contribution is 0.196. The SMILES string of the molecule is CC(C)N1CCCCCN(C(C)C)[SH]1(N(C)C)(N(C)C)N(C)C. The second kappa shape index (κ2) is 7.58. The van der Waals surface area contributed by atoms with Crippen LogP contribution < -0.4 is 0 Å². The molecular weight excluding hydrogens is 306 g/mol. The van der Waals surface area contributed by atoms with Crippen molar-refractivity contribution in [2.24, 2.45) is 0 Å². The summed E-state index contributed by atoms with van der Waals surface area (Å²) in [6, 6.07) is 0.999. The van der Waals surface area contributed by atoms with Crippen molar-refractivity contribution in [3.8, 4) is 0 Å². The quantitative estimate of drug-likeness (QED) is 0.766. The first-order valence-electron chi connectivity index (χ1n) is 9.14. The lowest BCUT2D eigenvalue weighted by atomic mass is 10.2. The molecule has 0 unspecified atom stereocenters. The van der Waals surface area contributed by atoms with Crippen molar-refractivity contribution in [3.05, 3.63) is 0 Å². The topological polar surface area (TPSA) is 16.2 Å². The lowest BCUT2D eigenvalue weighted by Crippen LogP contribution is -2.71. The minimum absolute atomic E-state index is 0.499. The van der Waals surface area contributed by atoms with Gasteiger partial charge in [-0.25, -0.2) is 21.5 Å². The van der Waals surface area contributed by atoms with E-state index in [1.807, 2.05) is 0 Å². The van der Waals surface area contributed by atoms with E-state index in [9.17, 15) is 0 Å². The number of hydrogen-bond acceptors (Lipinski definition) is 5. The Morgan fingerprint density at radius 1 is 0.609 bits per heavy atom. The van der Waals surface area contributed by atoms with E-state index < -0.39 is 10.1 Å². The van der Waals surface area contributed by atoms with Crippen LogP contribution in [0.2, 0.25) is 0 Å². The summed E-state index contributed by atoms with van der Waals surface area (Å²) in [7, 11) is 10.9. The number of rotatable bonds is 5. The smallest absolute Gasteiger partial charge is 0.0157 e. The monoisotopic (exact) mass is 349 g/mol. The van der Waals surface area contributed by atoms with Gasteiger partial charge in [-0.2, -0.15) is 0 Å². The van der Waals surface area contributed by atoms with Crippen molar-refractivity contribution < 1.29 is 0 Å². The Kier molecular flexibility index (Phi) is 6.99. The minimum Gasteiger partial charge on any atom is -0.249 e. The summed E-state index contributed by atoms with van der Waals surface area (Å²) >= 11 is 0. The summed E-state index contributed by atoms with van der Waals surface area (Å²) in [5.41, 5.74) is 0. The zero-order chi connectivity index (χ0) is 18.0. The standard InChI is InChI=1S/C17H43N5S/c1-16(2)21-14-12-11-13-15-22(17(3)4)23(21,18(5)6,19(7)8)20(9)10/h16-17,23H,11-15H2,1-10H3. The first-order valence-corrected chi connectivity index (χ1v) is 11.1. The molecule has 1 aliphatic heterocycles. The third kappa shape index (κ3) is 2.85. The van der Waals surface area contributed by atoms with Gasteiger partial charge in [-0.05, 0) is 82.8 Å². The molecule has 0 saturated carbocycles. The van der Waals surface area contributed by atoms with Gasteiger partial charge in [0.05, 0.1) is 0 Å². The molecule has 0 bridgehead atoms. The highest BCUT2D eigenvalue weighted by Gasteiger charge is 2.57. The van der Waals surface area contributed by atoms with Crippen LogP contribution >= 0.6 is 10.1 Å². The van der Waals surface area contributed by atoms with Gasteiger partial charge in [-0.1, -0.05) is 16.5 Å². The molecule has 0 radical (unpaired) electrons. The number of thiol groups is 1. The average Bonchev–Trinajstić information content (AvgIpc) is 2.36. The highest BCUT2D eigenvalue weighted by molar-refractivity contribution is 8.40. The van der Waals surface area contributed by atoms with E-state index in [-0.39, 0.29) is 0 Å². The summed E-state index contributed by atoms with van der Waals surface area (Å²) in [4.78, 5) is 0. The zero-order valence-electron chi connectivity index (χ0n) is 17.4. The molecule has 0 spiro atoms. The van der Waals surface area contributed by atoms with Crippen LogP contribution in [0.15, 0.2) is 0 Å². The first kappa shape index (κ1) is 21.2. The van der Waals surface area contributed by atoms with Gasteiger partial charge in [0.1, 0.15) is 0 Å². The molecule has 0 aromatic heterocycles. The van der Waals surface area contributed by atoms with Gasteiger partial charge in [0, 0.05) is 25.2 Å². The van der Waals surface area contributed by atoms with Crippen LogP contribution in [-0.2, 0) is 0 Å². The third-order valence-electron chi connectivity index (χ3n) is 5.53. The molecule has 0 N–H and O–H groups in total. The van der Waals surface area contributed by atoms with Gasteiger partial charge in [0.15, 0.2) is 0 Å². The maximum absolute atomic E-state index is 2.81. The van der Waals surface area contributed by atoms with E-state index in [0.717, 1.165) is 13.1 Å². The average molecular weight is 350 g/mol. The first-order chi connectivity index (χ1) is 10.5. The van der Waals surface area contributed by atoms with Gasteiger partial charge < -0.3 is 0 Å². The van der Waals surface area contributed by atoms with Crippen LogP contribution in [0.5, 0.6) is 0 Å². The van der Waals surface area contributed by atoms with E-state index >= 15 is 0 Å². The maximum Gasteiger partial charge on any atom is 0.0157 e. The van der Waals surface area contributed by atoms with Gasteiger partial charge in [0.25, 0.3) is 0 Å². The largest absolute Gasteiger partial charge is 0.249 e. The Bertz CT molecular complexity index is 335. The fourth-order valence-corrected chi connectivity index (χ4v) is 12.9. The van der Waals surface area contributed by atoms with Gasteiger partial charge in [-0.15, -0.1) is 0 Å². The van der Waals surface area contributed by atoms with E-state index in [2.05, 4.69) is 91.5 Å². The minimum atomic E-state index is -2.78. The molecule has 1 saturated heterocycles. The second-order valence-corrected chi connectivity index (χ2v) is 13.2. The van der Waals surface area contributed by atoms with Crippen LogP contribution in [0.1, 0.15) is 47.0 Å². The van der Waals surface area contributed by atoms with Crippen LogP contribution in [0.25, 0.3) is 0 Å². The second-order valence-electron chi connectivity index (χ2n) is 8.01. The molecule has 23 heavy (non-hydrogen) atoms. The number of nitrogens with zero attached hydrogens (tertiary/aromatic N) is 5. The Balaban J connectivity index is 3.84. The molecule has 6 heteroatoms. The van der Waals surface area contributed by atoms with Crippen LogP contribution in [0.4, 0.5) is 0 Å². The highest BCUT2D eigenvalue weighted by atomic mass is 32.3. The molecule has 0 aromatic rings. The van der Waals surface area contributed by atoms with Gasteiger partial charge >= 0.3 is 0 Å². The molecule has 0 aromatic carbocycles. The molecule has 1 aliphatic rings. The summed E-state index contributed by atoms with van der Waals surface area (Å²) in [5.74, 6) is 0. The van der Waals surface area contributed by atoms with E-state index in [1.165, 1.54) is 19.3 Å². The Hall–Kier alpha value is 0.150. The molecule has 1 heterocycles. The van der Waals surface area contributed by atoms with Crippen LogP contribution in [0.3, 0.4) is 0 Å². The molecule has 142 valence electrons. The summed E-state index contributed by atoms with van der Waals surface area (Å²) < 4.78 is 13.2. The van der Waals surface area contributed by atoms with Gasteiger partial charge in [0.2, 0.25) is 0 Å². The summed E-state index contributed by atoms with van der Waals surface area (Å²) in [5, 5.41) is 0. The Morgan fingerprint density at radius 3 is 1.13 bits per heavy atom. The molecule has 5 nitrogen and oxygen atoms in total. The van der Waals surface area contributed by atoms with Crippen molar-refractivity contribution in [1.82, 2.24) is 21.5 Å². The van der Waals surface area contributed by atoms with Crippen molar-refractivity contribution in [2.75, 3.05) is 55.4 Å². The van der Waals surface area contributed by atoms with Crippen molar-refractivity contribution >= 4 is 10.1 Å². The van der Waals surface area contributed by atoms with Crippen molar-refractivity contribution in [2.45, 2.75) is 59.0 Å². The maximum atomic E-state index is 2.81. The lowest BCUT2D eigenvalue weighted by Gasteiger charge is -2.84. The molecule has 0 atom stereocenters. The molecule has 1 fully saturated rings. The van der Waals surface area contributed by atoms with E-state index in [1.54, 1.807) is 0 Å². The molecule has 0 aliphatic carbocycles. The molecular formula is C17H43N5S. The van der Waals surface area contributed by atoms with Crippen molar-refractivity contribution in [3.63, 3.8) is 0 Å².